The fourth-order valence-electron chi connectivity index (χ4n) is 0.375. The molecule has 0 aromatic carbocycles. The van der Waals surface area contributed by atoms with Gasteiger partial charge in [0.25, 0.3) is 0 Å². The van der Waals surface area contributed by atoms with E-state index in [-0.39, 0.29) is 32.4 Å². The first kappa shape index (κ1) is 15.3. The molecule has 0 unspecified atom stereocenters. The van der Waals surface area contributed by atoms with Crippen LogP contribution in [0.5, 0.6) is 0 Å². The predicted octanol–water partition coefficient (Wildman–Crippen LogP) is -3.04. The summed E-state index contributed by atoms with van der Waals surface area (Å²) in [4.78, 5) is 9.54. The van der Waals surface area contributed by atoms with Crippen molar-refractivity contribution in [1.29, 1.82) is 0 Å². The molecule has 0 heterocycles. The van der Waals surface area contributed by atoms with Gasteiger partial charge in [0, 0.05) is 14.2 Å². The average Bonchev–Trinajstić information content (AvgIpc) is 2.03. The Kier molecular flexibility index (Phi) is 18.2. The van der Waals surface area contributed by atoms with Crippen LogP contribution in [0.2, 0.25) is 0 Å². The van der Waals surface area contributed by atoms with Crippen molar-refractivity contribution in [2.45, 2.75) is 0 Å². The Bertz CT molecular complexity index is 76.9. The van der Waals surface area contributed by atoms with Crippen LogP contribution in [0.15, 0.2) is 0 Å². The van der Waals surface area contributed by atoms with Gasteiger partial charge in [-0.05, 0) is 0 Å². The van der Waals surface area contributed by atoms with Gasteiger partial charge >= 0.3 is 31.0 Å². The molecule has 12 heavy (non-hydrogen) atoms. The van der Waals surface area contributed by atoms with Gasteiger partial charge in [0.1, 0.15) is 0 Å². The molecule has 0 atom stereocenters. The summed E-state index contributed by atoms with van der Waals surface area (Å²) in [5, 5.41) is 0. The predicted molar refractivity (Wildman–Crippen MR) is 41.0 cm³/mol. The van der Waals surface area contributed by atoms with Gasteiger partial charge in [-0.3, -0.25) is 9.68 Å². The van der Waals surface area contributed by atoms with E-state index in [2.05, 4.69) is 5.64 Å². The normalized spacial score (nSPS) is 9.50. The number of rotatable bonds is 8. The van der Waals surface area contributed by atoms with Crippen LogP contribution < -0.4 is 35.2 Å². The minimum atomic E-state index is 0. The fourth-order valence-corrected chi connectivity index (χ4v) is 0.375. The van der Waals surface area contributed by atoms with Crippen molar-refractivity contribution in [1.82, 2.24) is 5.64 Å². The van der Waals surface area contributed by atoms with E-state index in [1.54, 1.807) is 14.2 Å². The van der Waals surface area contributed by atoms with E-state index >= 15 is 0 Å². The maximum absolute atomic E-state index is 4.77. The largest absolute Gasteiger partial charge is 1.00 e. The van der Waals surface area contributed by atoms with Gasteiger partial charge in [-0.25, -0.2) is 0 Å². The summed E-state index contributed by atoms with van der Waals surface area (Å²) in [5.74, 6) is 0. The van der Waals surface area contributed by atoms with Crippen LogP contribution in [0.25, 0.3) is 0 Å². The maximum atomic E-state index is 4.77. The molecule has 0 aliphatic rings. The second-order valence-electron chi connectivity index (χ2n) is 1.77. The van der Waals surface area contributed by atoms with Gasteiger partial charge in [0.2, 0.25) is 0 Å². The zero-order valence-electron chi connectivity index (χ0n) is 9.96. The summed E-state index contributed by atoms with van der Waals surface area (Å²) in [7, 11) is 3.21. The Morgan fingerprint density at radius 1 is 1.00 bits per heavy atom. The Balaban J connectivity index is -0.000000167. The minimum Gasteiger partial charge on any atom is -1.00 e. The van der Waals surface area contributed by atoms with E-state index in [1.807, 2.05) is 0 Å². The summed E-state index contributed by atoms with van der Waals surface area (Å²) < 4.78 is 9.45. The Hall–Kier alpha value is 0.800. The minimum absolute atomic E-state index is 0. The van der Waals surface area contributed by atoms with Gasteiger partial charge in [0.05, 0.1) is 26.4 Å². The molecule has 0 rings (SSSR count). The van der Waals surface area contributed by atoms with E-state index < -0.39 is 0 Å². The third kappa shape index (κ3) is 13.4. The van der Waals surface area contributed by atoms with Crippen molar-refractivity contribution >= 4 is 0 Å². The monoisotopic (exact) mass is 190 g/mol. The summed E-state index contributed by atoms with van der Waals surface area (Å²) >= 11 is 0. The number of nitrogens with one attached hydrogen (secondary N) is 1. The summed E-state index contributed by atoms with van der Waals surface area (Å²) in [6.07, 6.45) is 0. The van der Waals surface area contributed by atoms with Crippen molar-refractivity contribution in [2.24, 2.45) is 0 Å². The average molecular weight is 190 g/mol. The van der Waals surface area contributed by atoms with Crippen LogP contribution in [0.1, 0.15) is 2.85 Å². The molecule has 6 heteroatoms. The maximum Gasteiger partial charge on any atom is 1.00 e. The number of methoxy groups -OCH3 is 2. The fraction of sp³-hybridized carbons (Fsp3) is 1.00. The van der Waals surface area contributed by atoms with Gasteiger partial charge in [0.15, 0.2) is 0 Å². The van der Waals surface area contributed by atoms with Gasteiger partial charge in [-0.2, -0.15) is 0 Å². The number of ether oxygens (including phenoxy) is 2. The first-order chi connectivity index (χ1) is 5.41. The first-order valence-electron chi connectivity index (χ1n) is 3.38. The van der Waals surface area contributed by atoms with Gasteiger partial charge < -0.3 is 10.9 Å². The molecule has 0 bridgehead atoms. The molecule has 0 amide bonds. The van der Waals surface area contributed by atoms with Crippen LogP contribution in [-0.4, -0.2) is 40.6 Å². The first-order valence-corrected chi connectivity index (χ1v) is 3.38. The van der Waals surface area contributed by atoms with Crippen LogP contribution in [-0.2, 0) is 19.1 Å². The number of hydrogen-bond acceptors (Lipinski definition) is 5. The Morgan fingerprint density at radius 2 is 1.42 bits per heavy atom. The molecule has 0 spiro atoms. The molecule has 1 N–H and O–H groups in total. The third-order valence-electron chi connectivity index (χ3n) is 0.897. The zero-order valence-corrected chi connectivity index (χ0v) is 9.96. The van der Waals surface area contributed by atoms with Crippen molar-refractivity contribution in [3.63, 3.8) is 0 Å². The summed E-state index contributed by atoms with van der Waals surface area (Å²) in [6, 6.07) is 0. The molecule has 0 radical (unpaired) electrons. The van der Waals surface area contributed by atoms with E-state index in [1.165, 1.54) is 0 Å². The zero-order chi connectivity index (χ0) is 8.36. The van der Waals surface area contributed by atoms with E-state index in [0.717, 1.165) is 0 Å². The molecule has 70 valence electrons. The third-order valence-corrected chi connectivity index (χ3v) is 0.897. The van der Waals surface area contributed by atoms with E-state index in [9.17, 15) is 0 Å². The molecule has 0 saturated carbocycles. The van der Waals surface area contributed by atoms with Crippen LogP contribution in [0, 0.1) is 0 Å². The SMILES string of the molecule is COCCONOCCOC.[H+].[H-].[Na+]. The van der Waals surface area contributed by atoms with Gasteiger partial charge in [-0.1, -0.05) is 5.64 Å². The van der Waals surface area contributed by atoms with Crippen molar-refractivity contribution in [3.05, 3.63) is 0 Å². The molecule has 0 saturated heterocycles. The van der Waals surface area contributed by atoms with Gasteiger partial charge in [-0.15, -0.1) is 0 Å². The van der Waals surface area contributed by atoms with E-state index in [4.69, 9.17) is 19.1 Å². The van der Waals surface area contributed by atoms with Crippen LogP contribution >= 0.6 is 0 Å². The molecule has 0 fully saturated rings. The number of hydrogen-bond donors (Lipinski definition) is 1. The molecule has 5 nitrogen and oxygen atoms in total. The van der Waals surface area contributed by atoms with E-state index in [0.29, 0.717) is 26.4 Å². The molecule has 0 aliphatic carbocycles. The molecular formula is C6H17NNaO4+. The molecule has 0 aliphatic heterocycles. The van der Waals surface area contributed by atoms with Crippen molar-refractivity contribution < 1.29 is 51.6 Å². The topological polar surface area (TPSA) is 49.0 Å². The summed E-state index contributed by atoms with van der Waals surface area (Å²) in [6.45, 7) is 2.01. The van der Waals surface area contributed by atoms with Crippen LogP contribution in [0.3, 0.4) is 0 Å². The molecular weight excluding hydrogens is 173 g/mol. The summed E-state index contributed by atoms with van der Waals surface area (Å²) in [5.41, 5.74) is 2.30. The molecule has 0 aromatic rings. The van der Waals surface area contributed by atoms with Crippen LogP contribution in [0.4, 0.5) is 0 Å². The smallest absolute Gasteiger partial charge is 1.00 e. The van der Waals surface area contributed by atoms with Crippen molar-refractivity contribution in [3.8, 4) is 0 Å². The second kappa shape index (κ2) is 14.3. The Morgan fingerprint density at radius 3 is 1.75 bits per heavy atom. The second-order valence-corrected chi connectivity index (χ2v) is 1.77. The quantitative estimate of drug-likeness (QED) is 0.250. The standard InChI is InChI=1S/C6H15NO4.Na.H/c1-8-3-5-10-7-11-6-4-9-2;;/h7H,3-6H2,1-2H3;;/q;+1;-1/p+1. The van der Waals surface area contributed by atoms with Crippen molar-refractivity contribution in [2.75, 3.05) is 40.6 Å². The Labute approximate surface area is 97.9 Å². The molecule has 0 aromatic heterocycles.